The van der Waals surface area contributed by atoms with Gasteiger partial charge in [0.1, 0.15) is 0 Å². The molecule has 0 amide bonds. The summed E-state index contributed by atoms with van der Waals surface area (Å²) in [7, 11) is -1.60. The second-order valence-electron chi connectivity index (χ2n) is 5.90. The van der Waals surface area contributed by atoms with Crippen LogP contribution in [-0.4, -0.2) is 69.5 Å². The Morgan fingerprint density at radius 1 is 1.26 bits per heavy atom. The third-order valence-electron chi connectivity index (χ3n) is 3.92. The van der Waals surface area contributed by atoms with Gasteiger partial charge in [0.15, 0.2) is 9.84 Å². The van der Waals surface area contributed by atoms with Crippen molar-refractivity contribution in [2.24, 2.45) is 9.98 Å². The van der Waals surface area contributed by atoms with Crippen molar-refractivity contribution in [3.8, 4) is 0 Å². The van der Waals surface area contributed by atoms with Gasteiger partial charge in [-0.25, -0.2) is 13.4 Å². The first-order valence-electron chi connectivity index (χ1n) is 8.58. The predicted molar refractivity (Wildman–Crippen MR) is 110 cm³/mol. The number of allylic oxidation sites excluding steroid dienone is 1. The molecule has 2 rings (SSSR count). The van der Waals surface area contributed by atoms with Gasteiger partial charge in [-0.15, -0.1) is 0 Å². The van der Waals surface area contributed by atoms with Crippen molar-refractivity contribution in [1.29, 1.82) is 0 Å². The quantitative estimate of drug-likeness (QED) is 0.627. The van der Waals surface area contributed by atoms with E-state index in [4.69, 9.17) is 0 Å². The van der Waals surface area contributed by atoms with E-state index >= 15 is 0 Å². The van der Waals surface area contributed by atoms with Crippen LogP contribution in [0.4, 0.5) is 0 Å². The minimum absolute atomic E-state index is 0.208. The Labute approximate surface area is 160 Å². The SMILES string of the molecule is C=C/C(=N\C(=N/C)N1CCNCC1)c1cccc(S(C)(=O)=O)cccnc1. The molecule has 2 heterocycles. The van der Waals surface area contributed by atoms with E-state index in [9.17, 15) is 8.42 Å². The van der Waals surface area contributed by atoms with E-state index < -0.39 is 9.84 Å². The molecule has 0 aliphatic carbocycles. The zero-order valence-electron chi connectivity index (χ0n) is 15.7. The highest BCUT2D eigenvalue weighted by Crippen LogP contribution is 2.07. The van der Waals surface area contributed by atoms with Crippen molar-refractivity contribution in [1.82, 2.24) is 15.2 Å². The highest BCUT2D eigenvalue weighted by Gasteiger charge is 2.14. The summed E-state index contributed by atoms with van der Waals surface area (Å²) in [5, 5.41) is 3.30. The number of hydrogen-bond acceptors (Lipinski definition) is 5. The van der Waals surface area contributed by atoms with Gasteiger partial charge in [0.2, 0.25) is 5.96 Å². The van der Waals surface area contributed by atoms with Crippen LogP contribution in [0, 0.1) is 0 Å². The van der Waals surface area contributed by atoms with E-state index in [1.54, 1.807) is 43.6 Å². The standard InChI is InChI=1S/C19H25N5O2S/c1-4-18(23-19(20-2)24-13-11-21-12-14-24)16-7-5-8-17(27(3,25)26)9-6-10-22-15-16/h4-10,15,21H,1,11-14H2,2-3H3/b7-5?,8-5?,9-6?,10-6?,16-7?,16-15?,17-8?,17-9?,20-19+,22-10?,22-15?,23-18+. The maximum Gasteiger partial charge on any atom is 0.221 e. The first-order valence-corrected chi connectivity index (χ1v) is 10.5. The second kappa shape index (κ2) is 9.94. The van der Waals surface area contributed by atoms with Crippen LogP contribution in [0.15, 0.2) is 70.3 Å². The zero-order chi connectivity index (χ0) is 19.7. The summed E-state index contributed by atoms with van der Waals surface area (Å²) < 4.78 is 23.6. The lowest BCUT2D eigenvalue weighted by Gasteiger charge is -2.28. The molecule has 144 valence electrons. The minimum Gasteiger partial charge on any atom is -0.339 e. The first kappa shape index (κ1) is 20.7. The van der Waals surface area contributed by atoms with E-state index in [-0.39, 0.29) is 4.90 Å². The third-order valence-corrected chi connectivity index (χ3v) is 5.05. The van der Waals surface area contributed by atoms with Crippen molar-refractivity contribution in [2.75, 3.05) is 39.5 Å². The molecular weight excluding hydrogens is 362 g/mol. The molecule has 1 aliphatic rings. The molecular formula is C19H25N5O2S. The van der Waals surface area contributed by atoms with Crippen LogP contribution in [0.5, 0.6) is 0 Å². The van der Waals surface area contributed by atoms with E-state index in [1.807, 2.05) is 0 Å². The monoisotopic (exact) mass is 387 g/mol. The third kappa shape index (κ3) is 6.26. The van der Waals surface area contributed by atoms with Gasteiger partial charge >= 0.3 is 0 Å². The lowest BCUT2D eigenvalue weighted by atomic mass is 10.2. The van der Waals surface area contributed by atoms with Gasteiger partial charge in [0.05, 0.1) is 10.6 Å². The van der Waals surface area contributed by atoms with Crippen molar-refractivity contribution < 1.29 is 8.42 Å². The van der Waals surface area contributed by atoms with Gasteiger partial charge in [-0.2, -0.15) is 0 Å². The first-order chi connectivity index (χ1) is 13.0. The summed E-state index contributed by atoms with van der Waals surface area (Å²) in [6, 6.07) is 8.07. The number of guanidine groups is 1. The summed E-state index contributed by atoms with van der Waals surface area (Å²) in [6.45, 7) is 7.29. The second-order valence-corrected chi connectivity index (χ2v) is 7.92. The highest BCUT2D eigenvalue weighted by molar-refractivity contribution is 7.90. The highest BCUT2D eigenvalue weighted by atomic mass is 32.2. The smallest absolute Gasteiger partial charge is 0.221 e. The van der Waals surface area contributed by atoms with Crippen LogP contribution >= 0.6 is 0 Å². The molecule has 0 saturated carbocycles. The fourth-order valence-electron chi connectivity index (χ4n) is 2.52. The molecule has 0 unspecified atom stereocenters. The predicted octanol–water partition coefficient (Wildman–Crippen LogP) is 1.48. The van der Waals surface area contributed by atoms with Crippen LogP contribution in [0.1, 0.15) is 5.56 Å². The molecule has 1 N–H and O–H groups in total. The molecule has 0 spiro atoms. The largest absolute Gasteiger partial charge is 0.339 e. The summed E-state index contributed by atoms with van der Waals surface area (Å²) >= 11 is 0. The van der Waals surface area contributed by atoms with Gasteiger partial charge in [0.25, 0.3) is 0 Å². The number of aromatic nitrogens is 1. The van der Waals surface area contributed by atoms with E-state index in [1.165, 1.54) is 18.5 Å². The van der Waals surface area contributed by atoms with Gasteiger partial charge in [0, 0.05) is 57.4 Å². The summed E-state index contributed by atoms with van der Waals surface area (Å²) in [6.07, 6.45) is 6.00. The summed E-state index contributed by atoms with van der Waals surface area (Å²) in [5.41, 5.74) is 1.32. The van der Waals surface area contributed by atoms with Gasteiger partial charge < -0.3 is 10.2 Å². The summed E-state index contributed by atoms with van der Waals surface area (Å²) in [5.74, 6) is 0.633. The number of rotatable bonds is 3. The molecule has 8 heteroatoms. The average Bonchev–Trinajstić information content (AvgIpc) is 2.66. The Morgan fingerprint density at radius 3 is 2.59 bits per heavy atom. The fourth-order valence-corrected chi connectivity index (χ4v) is 3.17. The maximum absolute atomic E-state index is 11.8. The molecule has 1 aliphatic heterocycles. The summed E-state index contributed by atoms with van der Waals surface area (Å²) in [4.78, 5) is 15.5. The lowest BCUT2D eigenvalue weighted by Crippen LogP contribution is -2.46. The molecule has 0 aromatic carbocycles. The number of nitrogens with zero attached hydrogens (tertiary/aromatic N) is 4. The molecule has 1 aromatic rings. The molecule has 0 radical (unpaired) electrons. The Hall–Kier alpha value is -2.58. The van der Waals surface area contributed by atoms with Crippen LogP contribution < -0.4 is 5.32 Å². The molecule has 0 bridgehead atoms. The van der Waals surface area contributed by atoms with Crippen LogP contribution in [0.25, 0.3) is 0 Å². The Morgan fingerprint density at radius 2 is 1.96 bits per heavy atom. The Bertz CT molecular complexity index is 886. The van der Waals surface area contributed by atoms with E-state index in [0.29, 0.717) is 17.2 Å². The fraction of sp³-hybridized carbons (Fsp3) is 0.316. The molecule has 27 heavy (non-hydrogen) atoms. The van der Waals surface area contributed by atoms with Gasteiger partial charge in [-0.05, 0) is 24.3 Å². The van der Waals surface area contributed by atoms with Crippen molar-refractivity contribution in [2.45, 2.75) is 4.90 Å². The van der Waals surface area contributed by atoms with E-state index in [2.05, 4.69) is 31.8 Å². The van der Waals surface area contributed by atoms with Crippen molar-refractivity contribution in [3.05, 3.63) is 60.9 Å². The topological polar surface area (TPSA) is 87.0 Å². The zero-order valence-corrected chi connectivity index (χ0v) is 16.5. The van der Waals surface area contributed by atoms with Crippen LogP contribution in [-0.2, 0) is 9.84 Å². The molecule has 1 fully saturated rings. The molecule has 1 saturated heterocycles. The average molecular weight is 388 g/mol. The van der Waals surface area contributed by atoms with Crippen molar-refractivity contribution in [3.63, 3.8) is 0 Å². The lowest BCUT2D eigenvalue weighted by molar-refractivity contribution is 0.354. The van der Waals surface area contributed by atoms with E-state index in [0.717, 1.165) is 26.2 Å². The Kier molecular flexibility index (Phi) is 7.63. The Balaban J connectivity index is 2.46. The minimum atomic E-state index is -3.31. The molecule has 0 atom stereocenters. The van der Waals surface area contributed by atoms with Crippen LogP contribution in [0.3, 0.4) is 0 Å². The molecule has 7 nitrogen and oxygen atoms in total. The number of nitrogens with one attached hydrogen (secondary N) is 1. The maximum atomic E-state index is 11.8. The normalized spacial score (nSPS) is 15.9. The number of hydrogen-bond donors (Lipinski definition) is 1. The number of aliphatic imine (C=N–C) groups is 2. The van der Waals surface area contributed by atoms with Crippen LogP contribution in [0.2, 0.25) is 0 Å². The molecule has 1 aromatic heterocycles. The number of sulfone groups is 1. The van der Waals surface area contributed by atoms with Crippen molar-refractivity contribution >= 4 is 21.5 Å². The van der Waals surface area contributed by atoms with Gasteiger partial charge in [-0.3, -0.25) is 9.98 Å². The number of piperazine rings is 1. The van der Waals surface area contributed by atoms with Gasteiger partial charge in [-0.1, -0.05) is 18.7 Å².